The maximum Gasteiger partial charge on any atom is 0.341 e. The van der Waals surface area contributed by atoms with E-state index in [1.165, 1.54) is 11.3 Å². The van der Waals surface area contributed by atoms with Crippen molar-refractivity contribution in [2.24, 2.45) is 5.92 Å². The highest BCUT2D eigenvalue weighted by Gasteiger charge is 2.24. The standard InChI is InChI=1S/C18H24BrN3O3S/c1-7-25-18(24)14-10(3)13(6)26-17(14)20-16(23)9(2)8-22-12(5)15(19)11(4)21-22/h9H,7-8H2,1-6H3,(H,20,23). The Morgan fingerprint density at radius 2 is 1.96 bits per heavy atom. The van der Waals surface area contributed by atoms with Crippen LogP contribution >= 0.6 is 27.3 Å². The molecule has 142 valence electrons. The molecule has 1 N–H and O–H groups in total. The molecule has 6 nitrogen and oxygen atoms in total. The van der Waals surface area contributed by atoms with Crippen LogP contribution in [0.1, 0.15) is 46.0 Å². The molecule has 26 heavy (non-hydrogen) atoms. The van der Waals surface area contributed by atoms with Crippen LogP contribution in [0.4, 0.5) is 5.00 Å². The van der Waals surface area contributed by atoms with Crippen LogP contribution in [0, 0.1) is 33.6 Å². The van der Waals surface area contributed by atoms with Crippen molar-refractivity contribution in [2.45, 2.75) is 48.1 Å². The number of hydrogen-bond donors (Lipinski definition) is 1. The molecule has 0 radical (unpaired) electrons. The lowest BCUT2D eigenvalue weighted by atomic mass is 10.1. The zero-order valence-electron chi connectivity index (χ0n) is 15.9. The van der Waals surface area contributed by atoms with Crippen LogP contribution < -0.4 is 5.32 Å². The number of aromatic nitrogens is 2. The summed E-state index contributed by atoms with van der Waals surface area (Å²) in [6, 6.07) is 0. The topological polar surface area (TPSA) is 73.2 Å². The Kier molecular flexibility index (Phi) is 6.63. The first-order chi connectivity index (χ1) is 12.2. The molecule has 1 atom stereocenters. The average Bonchev–Trinajstić information content (AvgIpc) is 2.98. The number of carbonyl (C=O) groups is 2. The van der Waals surface area contributed by atoms with Gasteiger partial charge >= 0.3 is 5.97 Å². The predicted octanol–water partition coefficient (Wildman–Crippen LogP) is 4.39. The lowest BCUT2D eigenvalue weighted by Gasteiger charge is -2.13. The Balaban J connectivity index is 2.17. The average molecular weight is 442 g/mol. The van der Waals surface area contributed by atoms with Crippen molar-refractivity contribution in [3.63, 3.8) is 0 Å². The van der Waals surface area contributed by atoms with E-state index in [2.05, 4.69) is 26.3 Å². The van der Waals surface area contributed by atoms with Gasteiger partial charge in [0.1, 0.15) is 5.00 Å². The van der Waals surface area contributed by atoms with Crippen LogP contribution in [0.5, 0.6) is 0 Å². The van der Waals surface area contributed by atoms with E-state index in [-0.39, 0.29) is 11.8 Å². The first-order valence-electron chi connectivity index (χ1n) is 8.44. The fraction of sp³-hybridized carbons (Fsp3) is 0.500. The minimum absolute atomic E-state index is 0.152. The SMILES string of the molecule is CCOC(=O)c1c(NC(=O)C(C)Cn2nc(C)c(Br)c2C)sc(C)c1C. The summed E-state index contributed by atoms with van der Waals surface area (Å²) in [6.07, 6.45) is 0. The van der Waals surface area contributed by atoms with Crippen LogP contribution in [0.3, 0.4) is 0 Å². The largest absolute Gasteiger partial charge is 0.462 e. The second-order valence-corrected chi connectivity index (χ2v) is 8.28. The summed E-state index contributed by atoms with van der Waals surface area (Å²) in [5.41, 5.74) is 3.17. The summed E-state index contributed by atoms with van der Waals surface area (Å²) in [5.74, 6) is -0.863. The van der Waals surface area contributed by atoms with E-state index in [4.69, 9.17) is 4.74 Å². The van der Waals surface area contributed by atoms with Crippen molar-refractivity contribution in [2.75, 3.05) is 11.9 Å². The van der Waals surface area contributed by atoms with Crippen LogP contribution in [0.15, 0.2) is 4.47 Å². The van der Waals surface area contributed by atoms with Crippen molar-refractivity contribution in [3.05, 3.63) is 31.9 Å². The zero-order chi connectivity index (χ0) is 19.6. The quantitative estimate of drug-likeness (QED) is 0.674. The number of amides is 1. The van der Waals surface area contributed by atoms with Crippen molar-refractivity contribution in [1.82, 2.24) is 9.78 Å². The number of aryl methyl sites for hydroxylation is 2. The molecule has 8 heteroatoms. The van der Waals surface area contributed by atoms with Gasteiger partial charge in [0, 0.05) is 10.6 Å². The molecule has 0 saturated carbocycles. The van der Waals surface area contributed by atoms with Crippen LogP contribution in [-0.2, 0) is 16.1 Å². The molecule has 0 fully saturated rings. The molecule has 0 aromatic carbocycles. The highest BCUT2D eigenvalue weighted by molar-refractivity contribution is 9.10. The smallest absolute Gasteiger partial charge is 0.341 e. The second kappa shape index (κ2) is 8.35. The van der Waals surface area contributed by atoms with E-state index in [9.17, 15) is 9.59 Å². The van der Waals surface area contributed by atoms with Crippen molar-refractivity contribution in [3.8, 4) is 0 Å². The monoisotopic (exact) mass is 441 g/mol. The summed E-state index contributed by atoms with van der Waals surface area (Å²) in [6.45, 7) is 12.0. The molecule has 0 spiro atoms. The summed E-state index contributed by atoms with van der Waals surface area (Å²) >= 11 is 4.89. The number of hydrogen-bond acceptors (Lipinski definition) is 5. The van der Waals surface area contributed by atoms with Gasteiger partial charge in [0.25, 0.3) is 0 Å². The van der Waals surface area contributed by atoms with Crippen molar-refractivity contribution >= 4 is 44.1 Å². The molecule has 2 aromatic heterocycles. The van der Waals surface area contributed by atoms with Gasteiger partial charge in [-0.3, -0.25) is 9.48 Å². The third-order valence-electron chi connectivity index (χ3n) is 4.29. The number of nitrogens with zero attached hydrogens (tertiary/aromatic N) is 2. The maximum absolute atomic E-state index is 12.7. The van der Waals surface area contributed by atoms with Crippen molar-refractivity contribution < 1.29 is 14.3 Å². The second-order valence-electron chi connectivity index (χ2n) is 6.27. The normalized spacial score (nSPS) is 12.1. The number of thiophene rings is 1. The van der Waals surface area contributed by atoms with E-state index in [1.807, 2.05) is 39.3 Å². The molecule has 1 amide bonds. The van der Waals surface area contributed by atoms with E-state index in [1.54, 1.807) is 6.92 Å². The number of anilines is 1. The van der Waals surface area contributed by atoms with E-state index >= 15 is 0 Å². The molecular weight excluding hydrogens is 418 g/mol. The Hall–Kier alpha value is -1.67. The van der Waals surface area contributed by atoms with Gasteiger partial charge in [-0.1, -0.05) is 6.92 Å². The van der Waals surface area contributed by atoms with Crippen LogP contribution in [-0.4, -0.2) is 28.3 Å². The molecule has 1 unspecified atom stereocenters. The van der Waals surface area contributed by atoms with Gasteiger partial charge < -0.3 is 10.1 Å². The first-order valence-corrected chi connectivity index (χ1v) is 10.1. The fourth-order valence-electron chi connectivity index (χ4n) is 2.59. The van der Waals surface area contributed by atoms with Gasteiger partial charge in [-0.25, -0.2) is 4.79 Å². The minimum Gasteiger partial charge on any atom is -0.462 e. The number of ether oxygens (including phenoxy) is 1. The van der Waals surface area contributed by atoms with Gasteiger partial charge in [0.2, 0.25) is 5.91 Å². The molecule has 2 rings (SSSR count). The van der Waals surface area contributed by atoms with Gasteiger partial charge in [0.05, 0.1) is 34.8 Å². The molecule has 0 bridgehead atoms. The number of carbonyl (C=O) groups excluding carboxylic acids is 2. The first kappa shape index (κ1) is 20.6. The van der Waals surface area contributed by atoms with Gasteiger partial charge in [-0.05, 0) is 56.1 Å². The lowest BCUT2D eigenvalue weighted by Crippen LogP contribution is -2.25. The van der Waals surface area contributed by atoms with Crippen LogP contribution in [0.2, 0.25) is 0 Å². The Labute approximate surface area is 166 Å². The van der Waals surface area contributed by atoms with E-state index < -0.39 is 5.97 Å². The fourth-order valence-corrected chi connectivity index (χ4v) is 3.93. The number of halogens is 1. The maximum atomic E-state index is 12.7. The Morgan fingerprint density at radius 1 is 1.31 bits per heavy atom. The molecule has 2 heterocycles. The third kappa shape index (κ3) is 4.17. The van der Waals surface area contributed by atoms with E-state index in [0.29, 0.717) is 23.7 Å². The van der Waals surface area contributed by atoms with Crippen LogP contribution in [0.25, 0.3) is 0 Å². The highest BCUT2D eigenvalue weighted by atomic mass is 79.9. The van der Waals surface area contributed by atoms with Gasteiger partial charge in [-0.2, -0.15) is 5.10 Å². The summed E-state index contributed by atoms with van der Waals surface area (Å²) in [5, 5.41) is 7.89. The zero-order valence-corrected chi connectivity index (χ0v) is 18.3. The Morgan fingerprint density at radius 3 is 2.50 bits per heavy atom. The van der Waals surface area contributed by atoms with Gasteiger partial charge in [-0.15, -0.1) is 11.3 Å². The molecular formula is C18H24BrN3O3S. The third-order valence-corrected chi connectivity index (χ3v) is 6.56. The summed E-state index contributed by atoms with van der Waals surface area (Å²) < 4.78 is 7.91. The molecule has 0 aliphatic rings. The highest BCUT2D eigenvalue weighted by Crippen LogP contribution is 2.33. The Bertz CT molecular complexity index is 841. The molecule has 0 aliphatic carbocycles. The van der Waals surface area contributed by atoms with E-state index in [0.717, 1.165) is 26.3 Å². The minimum atomic E-state index is -0.403. The summed E-state index contributed by atoms with van der Waals surface area (Å²) in [7, 11) is 0. The molecule has 0 saturated heterocycles. The number of nitrogens with one attached hydrogen (secondary N) is 1. The lowest BCUT2D eigenvalue weighted by molar-refractivity contribution is -0.119. The molecule has 2 aromatic rings. The predicted molar refractivity (Wildman–Crippen MR) is 107 cm³/mol. The van der Waals surface area contributed by atoms with Crippen molar-refractivity contribution in [1.29, 1.82) is 0 Å². The summed E-state index contributed by atoms with van der Waals surface area (Å²) in [4.78, 5) is 25.9. The number of esters is 1. The van der Waals surface area contributed by atoms with Gasteiger partial charge in [0.15, 0.2) is 0 Å². The number of rotatable bonds is 6. The molecule has 0 aliphatic heterocycles.